The van der Waals surface area contributed by atoms with Crippen LogP contribution in [0.3, 0.4) is 0 Å². The molecule has 94 valence electrons. The lowest BCUT2D eigenvalue weighted by Gasteiger charge is -2.13. The van der Waals surface area contributed by atoms with Gasteiger partial charge in [0, 0.05) is 24.6 Å². The van der Waals surface area contributed by atoms with Gasteiger partial charge in [0.05, 0.1) is 0 Å². The summed E-state index contributed by atoms with van der Waals surface area (Å²) in [5.41, 5.74) is 2.78. The zero-order chi connectivity index (χ0) is 12.7. The van der Waals surface area contributed by atoms with Crippen LogP contribution in [0, 0.1) is 0 Å². The van der Waals surface area contributed by atoms with E-state index in [2.05, 4.69) is 0 Å². The number of nitrogens with zero attached hydrogens (tertiary/aromatic N) is 1. The first-order valence-electron chi connectivity index (χ1n) is 6.30. The molecular formula is C14H15NO3. The fourth-order valence-corrected chi connectivity index (χ4v) is 2.46. The normalized spacial score (nSPS) is 18.0. The Balaban J connectivity index is 1.80. The maximum Gasteiger partial charge on any atom is 0.303 e. The number of rotatable bonds is 4. The minimum absolute atomic E-state index is 0.110. The molecule has 0 saturated heterocycles. The first-order valence-corrected chi connectivity index (χ1v) is 6.30. The zero-order valence-electron chi connectivity index (χ0n) is 10.1. The number of hydrogen-bond acceptors (Lipinski definition) is 2. The highest BCUT2D eigenvalue weighted by Gasteiger charge is 2.38. The molecule has 0 aromatic heterocycles. The number of carbonyl (C=O) groups is 2. The topological polar surface area (TPSA) is 57.6 Å². The van der Waals surface area contributed by atoms with E-state index in [1.54, 1.807) is 0 Å². The minimum Gasteiger partial charge on any atom is -0.481 e. The largest absolute Gasteiger partial charge is 0.481 e. The number of benzene rings is 1. The van der Waals surface area contributed by atoms with Crippen molar-refractivity contribution in [1.29, 1.82) is 0 Å². The monoisotopic (exact) mass is 245 g/mol. The van der Waals surface area contributed by atoms with Crippen molar-refractivity contribution in [3.8, 4) is 0 Å². The van der Waals surface area contributed by atoms with Gasteiger partial charge in [0.15, 0.2) is 0 Å². The van der Waals surface area contributed by atoms with E-state index in [4.69, 9.17) is 5.11 Å². The smallest absolute Gasteiger partial charge is 0.303 e. The molecule has 0 unspecified atom stereocenters. The van der Waals surface area contributed by atoms with Crippen molar-refractivity contribution in [3.05, 3.63) is 34.9 Å². The van der Waals surface area contributed by atoms with E-state index >= 15 is 0 Å². The van der Waals surface area contributed by atoms with Crippen LogP contribution < -0.4 is 0 Å². The summed E-state index contributed by atoms with van der Waals surface area (Å²) >= 11 is 0. The summed E-state index contributed by atoms with van der Waals surface area (Å²) in [5, 5.41) is 8.67. The number of aryl methyl sites for hydroxylation is 1. The highest BCUT2D eigenvalue weighted by Crippen LogP contribution is 2.34. The molecule has 1 amide bonds. The highest BCUT2D eigenvalue weighted by molar-refractivity contribution is 5.98. The molecule has 1 aliphatic carbocycles. The number of hydrogen-bond donors (Lipinski definition) is 1. The molecule has 0 atom stereocenters. The van der Waals surface area contributed by atoms with E-state index in [9.17, 15) is 9.59 Å². The van der Waals surface area contributed by atoms with Crippen LogP contribution in [0.15, 0.2) is 18.2 Å². The lowest BCUT2D eigenvalue weighted by molar-refractivity contribution is -0.136. The lowest BCUT2D eigenvalue weighted by atomic mass is 10.0. The Morgan fingerprint density at radius 3 is 2.83 bits per heavy atom. The van der Waals surface area contributed by atoms with Crippen LogP contribution in [0.2, 0.25) is 0 Å². The van der Waals surface area contributed by atoms with Crippen molar-refractivity contribution in [2.75, 3.05) is 0 Å². The van der Waals surface area contributed by atoms with Gasteiger partial charge in [-0.05, 0) is 36.5 Å². The second-order valence-corrected chi connectivity index (χ2v) is 5.05. The molecule has 1 aromatic carbocycles. The number of carboxylic acid groups (broad SMARTS) is 1. The first kappa shape index (κ1) is 11.3. The van der Waals surface area contributed by atoms with Crippen LogP contribution >= 0.6 is 0 Å². The molecule has 18 heavy (non-hydrogen) atoms. The van der Waals surface area contributed by atoms with Crippen molar-refractivity contribution in [2.45, 2.75) is 38.3 Å². The fourth-order valence-electron chi connectivity index (χ4n) is 2.46. The summed E-state index contributed by atoms with van der Waals surface area (Å²) in [7, 11) is 0. The zero-order valence-corrected chi connectivity index (χ0v) is 10.1. The van der Waals surface area contributed by atoms with E-state index in [1.165, 1.54) is 0 Å². The molecule has 1 aliphatic heterocycles. The van der Waals surface area contributed by atoms with Crippen LogP contribution in [-0.2, 0) is 17.8 Å². The predicted molar refractivity (Wildman–Crippen MR) is 65.3 cm³/mol. The average Bonchev–Trinajstić information content (AvgIpc) is 3.13. The highest BCUT2D eigenvalue weighted by atomic mass is 16.4. The molecule has 4 heteroatoms. The van der Waals surface area contributed by atoms with E-state index in [-0.39, 0.29) is 12.3 Å². The van der Waals surface area contributed by atoms with Gasteiger partial charge in [0.1, 0.15) is 0 Å². The van der Waals surface area contributed by atoms with Gasteiger partial charge < -0.3 is 10.0 Å². The van der Waals surface area contributed by atoms with Gasteiger partial charge in [-0.15, -0.1) is 0 Å². The van der Waals surface area contributed by atoms with Crippen LogP contribution in [0.4, 0.5) is 0 Å². The molecule has 1 N–H and O–H groups in total. The van der Waals surface area contributed by atoms with Crippen molar-refractivity contribution >= 4 is 11.9 Å². The molecule has 0 radical (unpaired) electrons. The molecule has 3 rings (SSSR count). The molecule has 1 aromatic rings. The maximum atomic E-state index is 12.2. The summed E-state index contributed by atoms with van der Waals surface area (Å²) < 4.78 is 0. The van der Waals surface area contributed by atoms with Crippen LogP contribution in [0.25, 0.3) is 0 Å². The van der Waals surface area contributed by atoms with Crippen molar-refractivity contribution < 1.29 is 14.7 Å². The van der Waals surface area contributed by atoms with Gasteiger partial charge in [-0.1, -0.05) is 12.1 Å². The standard InChI is InChI=1S/C14H15NO3/c16-13(17)6-2-9-1-3-10-8-15(11-4-5-11)14(18)12(10)7-9/h1,3,7,11H,2,4-6,8H2,(H,16,17). The Kier molecular flexibility index (Phi) is 2.58. The maximum absolute atomic E-state index is 12.2. The van der Waals surface area contributed by atoms with E-state index < -0.39 is 5.97 Å². The second kappa shape index (κ2) is 4.12. The molecule has 1 saturated carbocycles. The van der Waals surface area contributed by atoms with Crippen molar-refractivity contribution in [2.24, 2.45) is 0 Å². The van der Waals surface area contributed by atoms with Crippen LogP contribution in [0.1, 0.15) is 40.7 Å². The fraction of sp³-hybridized carbons (Fsp3) is 0.429. The van der Waals surface area contributed by atoms with Crippen LogP contribution in [-0.4, -0.2) is 27.9 Å². The summed E-state index contributed by atoms with van der Waals surface area (Å²) in [6.45, 7) is 0.720. The second-order valence-electron chi connectivity index (χ2n) is 5.05. The number of carboxylic acids is 1. The van der Waals surface area contributed by atoms with Gasteiger partial charge >= 0.3 is 5.97 Å². The Hall–Kier alpha value is -1.84. The molecule has 0 bridgehead atoms. The predicted octanol–water partition coefficient (Wildman–Crippen LogP) is 1.82. The third-order valence-corrected chi connectivity index (χ3v) is 3.62. The Morgan fingerprint density at radius 1 is 1.39 bits per heavy atom. The number of carbonyl (C=O) groups excluding carboxylic acids is 1. The summed E-state index contributed by atoms with van der Waals surface area (Å²) in [6.07, 6.45) is 2.83. The SMILES string of the molecule is O=C(O)CCc1ccc2c(c1)C(=O)N(C1CC1)C2. The summed E-state index contributed by atoms with van der Waals surface area (Å²) in [4.78, 5) is 24.7. The number of aliphatic carboxylic acids is 1. The van der Waals surface area contributed by atoms with Gasteiger partial charge in [-0.2, -0.15) is 0 Å². The lowest BCUT2D eigenvalue weighted by Crippen LogP contribution is -2.25. The molecule has 1 heterocycles. The van der Waals surface area contributed by atoms with Gasteiger partial charge in [-0.3, -0.25) is 9.59 Å². The Bertz CT molecular complexity index is 520. The molecule has 0 spiro atoms. The molecule has 2 aliphatic rings. The molecular weight excluding hydrogens is 230 g/mol. The Morgan fingerprint density at radius 2 is 2.17 bits per heavy atom. The van der Waals surface area contributed by atoms with Gasteiger partial charge in [0.2, 0.25) is 0 Å². The van der Waals surface area contributed by atoms with Crippen molar-refractivity contribution in [1.82, 2.24) is 4.90 Å². The van der Waals surface area contributed by atoms with Gasteiger partial charge in [-0.25, -0.2) is 0 Å². The summed E-state index contributed by atoms with van der Waals surface area (Å²) in [5.74, 6) is -0.689. The first-order chi connectivity index (χ1) is 8.65. The summed E-state index contributed by atoms with van der Waals surface area (Å²) in [6, 6.07) is 6.20. The van der Waals surface area contributed by atoms with Gasteiger partial charge in [0.25, 0.3) is 5.91 Å². The number of amides is 1. The quantitative estimate of drug-likeness (QED) is 0.880. The minimum atomic E-state index is -0.804. The van der Waals surface area contributed by atoms with E-state index in [1.807, 2.05) is 23.1 Å². The molecule has 1 fully saturated rings. The Labute approximate surface area is 105 Å². The third kappa shape index (κ3) is 1.98. The average molecular weight is 245 g/mol. The van der Waals surface area contributed by atoms with Crippen LogP contribution in [0.5, 0.6) is 0 Å². The van der Waals surface area contributed by atoms with E-state index in [0.717, 1.165) is 36.1 Å². The number of fused-ring (bicyclic) bond motifs is 1. The third-order valence-electron chi connectivity index (χ3n) is 3.62. The molecule has 4 nitrogen and oxygen atoms in total. The van der Waals surface area contributed by atoms with Crippen molar-refractivity contribution in [3.63, 3.8) is 0 Å². The van der Waals surface area contributed by atoms with E-state index in [0.29, 0.717) is 12.5 Å².